The van der Waals surface area contributed by atoms with E-state index in [0.29, 0.717) is 0 Å². The molecule has 2 rings (SSSR count). The fraction of sp³-hybridized carbons (Fsp3) is 0.500. The highest BCUT2D eigenvalue weighted by Gasteiger charge is 2.15. The Labute approximate surface area is 100 Å². The minimum atomic E-state index is -0.0952. The molecule has 2 aromatic rings. The van der Waals surface area contributed by atoms with Gasteiger partial charge < -0.3 is 0 Å². The molecule has 0 saturated carbocycles. The van der Waals surface area contributed by atoms with Crippen molar-refractivity contribution in [3.05, 3.63) is 10.7 Å². The van der Waals surface area contributed by atoms with Crippen LogP contribution in [0.3, 0.4) is 0 Å². The van der Waals surface area contributed by atoms with Gasteiger partial charge in [0.25, 0.3) is 0 Å². The maximum atomic E-state index is 5.93. The quantitative estimate of drug-likeness (QED) is 0.797. The summed E-state index contributed by atoms with van der Waals surface area (Å²) in [5.41, 5.74) is 0.977. The van der Waals surface area contributed by atoms with Crippen molar-refractivity contribution in [2.24, 2.45) is 0 Å². The van der Waals surface area contributed by atoms with E-state index in [9.17, 15) is 0 Å². The first-order valence-corrected chi connectivity index (χ1v) is 6.54. The Hall–Kier alpha value is -0.590. The second kappa shape index (κ2) is 4.51. The van der Waals surface area contributed by atoms with Crippen LogP contribution < -0.4 is 0 Å². The number of alkyl halides is 1. The maximum Gasteiger partial charge on any atom is 0.161 e. The Morgan fingerprint density at radius 3 is 2.73 bits per heavy atom. The van der Waals surface area contributed by atoms with Gasteiger partial charge in [-0.05, 0) is 24.9 Å². The Morgan fingerprint density at radius 2 is 2.13 bits per heavy atom. The van der Waals surface area contributed by atoms with Gasteiger partial charge in [0.2, 0.25) is 0 Å². The average molecular weight is 261 g/mol. The van der Waals surface area contributed by atoms with Crippen molar-refractivity contribution in [3.63, 3.8) is 0 Å². The molecule has 7 heteroatoms. The van der Waals surface area contributed by atoms with E-state index >= 15 is 0 Å². The van der Waals surface area contributed by atoms with Gasteiger partial charge in [0.15, 0.2) is 5.01 Å². The van der Waals surface area contributed by atoms with Gasteiger partial charge in [0.1, 0.15) is 9.88 Å². The molecule has 0 aliphatic carbocycles. The highest BCUT2D eigenvalue weighted by Crippen LogP contribution is 2.32. The molecule has 80 valence electrons. The summed E-state index contributed by atoms with van der Waals surface area (Å²) >= 11 is 8.79. The number of aryl methyl sites for hydroxylation is 1. The molecular formula is C8H9ClN4S2. The Bertz CT molecular complexity index is 451. The van der Waals surface area contributed by atoms with E-state index in [4.69, 9.17) is 11.6 Å². The molecule has 0 aromatic carbocycles. The van der Waals surface area contributed by atoms with E-state index < -0.39 is 0 Å². The normalized spacial score (nSPS) is 13.0. The number of hydrogen-bond donors (Lipinski definition) is 0. The molecule has 0 aliphatic rings. The molecule has 0 aliphatic heterocycles. The van der Waals surface area contributed by atoms with E-state index in [-0.39, 0.29) is 5.38 Å². The molecule has 0 fully saturated rings. The molecule has 0 spiro atoms. The number of rotatable bonds is 3. The summed E-state index contributed by atoms with van der Waals surface area (Å²) in [5.74, 6) is 0. The fourth-order valence-electron chi connectivity index (χ4n) is 1.09. The number of nitrogens with zero attached hydrogens (tertiary/aromatic N) is 4. The molecule has 2 heterocycles. The summed E-state index contributed by atoms with van der Waals surface area (Å²) in [4.78, 5) is 1.01. The molecule has 1 atom stereocenters. The van der Waals surface area contributed by atoms with Crippen molar-refractivity contribution in [1.29, 1.82) is 0 Å². The molecule has 4 nitrogen and oxygen atoms in total. The third-order valence-electron chi connectivity index (χ3n) is 1.87. The summed E-state index contributed by atoms with van der Waals surface area (Å²) in [7, 11) is 0. The summed E-state index contributed by atoms with van der Waals surface area (Å²) in [6, 6.07) is 0. The number of hydrogen-bond acceptors (Lipinski definition) is 6. The summed E-state index contributed by atoms with van der Waals surface area (Å²) < 4.78 is 3.92. The predicted molar refractivity (Wildman–Crippen MR) is 62.5 cm³/mol. The fourth-order valence-corrected chi connectivity index (χ4v) is 2.87. The van der Waals surface area contributed by atoms with Crippen LogP contribution in [-0.4, -0.2) is 19.8 Å². The predicted octanol–water partition coefficient (Wildman–Crippen LogP) is 2.92. The Morgan fingerprint density at radius 1 is 1.33 bits per heavy atom. The lowest BCUT2D eigenvalue weighted by molar-refractivity contribution is 0.958. The van der Waals surface area contributed by atoms with Crippen LogP contribution in [0, 0.1) is 0 Å². The Kier molecular flexibility index (Phi) is 3.28. The third kappa shape index (κ3) is 2.16. The first kappa shape index (κ1) is 10.9. The molecule has 0 amide bonds. The minimum absolute atomic E-state index is 0.0952. The largest absolute Gasteiger partial charge is 0.161 e. The van der Waals surface area contributed by atoms with E-state index in [1.807, 2.05) is 13.8 Å². The van der Waals surface area contributed by atoms with Gasteiger partial charge in [0, 0.05) is 0 Å². The van der Waals surface area contributed by atoms with Crippen LogP contribution in [0.25, 0.3) is 9.88 Å². The second-order valence-corrected chi connectivity index (χ2v) is 5.38. The first-order chi connectivity index (χ1) is 7.22. The van der Waals surface area contributed by atoms with Crippen molar-refractivity contribution in [1.82, 2.24) is 19.8 Å². The molecule has 2 aromatic heterocycles. The maximum absolute atomic E-state index is 5.93. The van der Waals surface area contributed by atoms with Crippen LogP contribution >= 0.6 is 34.5 Å². The van der Waals surface area contributed by atoms with E-state index in [2.05, 4.69) is 19.8 Å². The standard InChI is InChI=1S/C8H9ClN4S2/c1-3-5-6(15-13-10-5)8-12-11-7(14-8)4(2)9/h4H,3H2,1-2H3. The van der Waals surface area contributed by atoms with Gasteiger partial charge >= 0.3 is 0 Å². The van der Waals surface area contributed by atoms with Gasteiger partial charge in [0.05, 0.1) is 11.1 Å². The van der Waals surface area contributed by atoms with Crippen LogP contribution in [-0.2, 0) is 6.42 Å². The number of aromatic nitrogens is 4. The lowest BCUT2D eigenvalue weighted by Gasteiger charge is -1.92. The second-order valence-electron chi connectivity index (χ2n) is 2.96. The van der Waals surface area contributed by atoms with Crippen LogP contribution in [0.2, 0.25) is 0 Å². The highest BCUT2D eigenvalue weighted by molar-refractivity contribution is 7.19. The van der Waals surface area contributed by atoms with E-state index in [0.717, 1.165) is 27.0 Å². The monoisotopic (exact) mass is 260 g/mol. The van der Waals surface area contributed by atoms with Crippen LogP contribution in [0.15, 0.2) is 0 Å². The average Bonchev–Trinajstić information content (AvgIpc) is 2.85. The van der Waals surface area contributed by atoms with Gasteiger partial charge in [-0.25, -0.2) is 0 Å². The van der Waals surface area contributed by atoms with Crippen molar-refractivity contribution in [3.8, 4) is 9.88 Å². The number of halogens is 1. The van der Waals surface area contributed by atoms with Crippen LogP contribution in [0.1, 0.15) is 29.9 Å². The third-order valence-corrected chi connectivity index (χ3v) is 4.23. The SMILES string of the molecule is CCc1nnsc1-c1nnc(C(C)Cl)s1. The van der Waals surface area contributed by atoms with Gasteiger partial charge in [-0.2, -0.15) is 0 Å². The highest BCUT2D eigenvalue weighted by atomic mass is 35.5. The zero-order valence-corrected chi connectivity index (χ0v) is 10.7. The molecular weight excluding hydrogens is 252 g/mol. The molecule has 1 unspecified atom stereocenters. The lowest BCUT2D eigenvalue weighted by Crippen LogP contribution is -1.83. The van der Waals surface area contributed by atoms with Crippen LogP contribution in [0.4, 0.5) is 0 Å². The molecule has 15 heavy (non-hydrogen) atoms. The zero-order chi connectivity index (χ0) is 10.8. The molecule has 0 radical (unpaired) electrons. The van der Waals surface area contributed by atoms with Crippen molar-refractivity contribution >= 4 is 34.5 Å². The minimum Gasteiger partial charge on any atom is -0.142 e. The first-order valence-electron chi connectivity index (χ1n) is 4.51. The van der Waals surface area contributed by atoms with Crippen molar-refractivity contribution in [2.75, 3.05) is 0 Å². The molecule has 0 N–H and O–H groups in total. The van der Waals surface area contributed by atoms with Gasteiger partial charge in [-0.3, -0.25) is 0 Å². The summed E-state index contributed by atoms with van der Waals surface area (Å²) in [6.45, 7) is 3.93. The smallest absolute Gasteiger partial charge is 0.142 e. The summed E-state index contributed by atoms with van der Waals surface area (Å²) in [6.07, 6.45) is 0.858. The molecule has 0 bridgehead atoms. The van der Waals surface area contributed by atoms with E-state index in [1.165, 1.54) is 22.9 Å². The van der Waals surface area contributed by atoms with E-state index in [1.54, 1.807) is 0 Å². The Balaban J connectivity index is 2.37. The van der Waals surface area contributed by atoms with Gasteiger partial charge in [-0.15, -0.1) is 26.9 Å². The zero-order valence-electron chi connectivity index (χ0n) is 8.27. The molecule has 0 saturated heterocycles. The summed E-state index contributed by atoms with van der Waals surface area (Å²) in [5, 5.41) is 13.8. The topological polar surface area (TPSA) is 51.6 Å². The van der Waals surface area contributed by atoms with Crippen molar-refractivity contribution < 1.29 is 0 Å². The van der Waals surface area contributed by atoms with Gasteiger partial charge in [-0.1, -0.05) is 22.7 Å². The van der Waals surface area contributed by atoms with Crippen molar-refractivity contribution in [2.45, 2.75) is 25.6 Å². The lowest BCUT2D eigenvalue weighted by atomic mass is 10.3. The van der Waals surface area contributed by atoms with Crippen LogP contribution in [0.5, 0.6) is 0 Å².